The number of esters is 1. The first-order chi connectivity index (χ1) is 12.5. The average molecular weight is 353 g/mol. The van der Waals surface area contributed by atoms with Gasteiger partial charge in [0.15, 0.2) is 5.82 Å². The van der Waals surface area contributed by atoms with Gasteiger partial charge in [-0.1, -0.05) is 30.3 Å². The Morgan fingerprint density at radius 1 is 1.27 bits per heavy atom. The molecule has 1 aromatic heterocycles. The third-order valence-corrected chi connectivity index (χ3v) is 4.64. The van der Waals surface area contributed by atoms with Gasteiger partial charge in [-0.15, -0.1) is 0 Å². The molecule has 26 heavy (non-hydrogen) atoms. The molecular formula is C20H23N3O3. The number of aromatic nitrogens is 2. The molecule has 0 spiro atoms. The van der Waals surface area contributed by atoms with Crippen LogP contribution in [-0.2, 0) is 9.53 Å². The molecule has 1 aliphatic heterocycles. The number of benzene rings is 1. The van der Waals surface area contributed by atoms with Crippen molar-refractivity contribution in [2.24, 2.45) is 10.9 Å². The van der Waals surface area contributed by atoms with E-state index in [0.717, 1.165) is 5.56 Å². The molecule has 0 bridgehead atoms. The highest BCUT2D eigenvalue weighted by atomic mass is 16.5. The van der Waals surface area contributed by atoms with E-state index in [1.807, 2.05) is 44.2 Å². The van der Waals surface area contributed by atoms with Crippen LogP contribution in [0, 0.1) is 5.92 Å². The Kier molecular flexibility index (Phi) is 5.02. The molecule has 6 heteroatoms. The van der Waals surface area contributed by atoms with Crippen LogP contribution in [0.1, 0.15) is 50.8 Å². The van der Waals surface area contributed by atoms with Gasteiger partial charge in [-0.25, -0.2) is 9.98 Å². The second-order valence-electron chi connectivity index (χ2n) is 6.66. The predicted molar refractivity (Wildman–Crippen MR) is 100 cm³/mol. The lowest BCUT2D eigenvalue weighted by Crippen LogP contribution is -2.38. The number of hydrogen-bond donors (Lipinski definition) is 0. The summed E-state index contributed by atoms with van der Waals surface area (Å²) in [6.45, 7) is 7.68. The Morgan fingerprint density at radius 2 is 1.96 bits per heavy atom. The molecule has 0 aliphatic carbocycles. The molecule has 0 saturated heterocycles. The van der Waals surface area contributed by atoms with Gasteiger partial charge in [0, 0.05) is 17.7 Å². The second kappa shape index (κ2) is 7.23. The third kappa shape index (κ3) is 3.07. The summed E-state index contributed by atoms with van der Waals surface area (Å²) in [6, 6.07) is 9.51. The highest BCUT2D eigenvalue weighted by Gasteiger charge is 2.41. The number of nitrogens with zero attached hydrogens (tertiary/aromatic N) is 3. The minimum Gasteiger partial charge on any atom is -0.465 e. The fourth-order valence-corrected chi connectivity index (χ4v) is 3.41. The highest BCUT2D eigenvalue weighted by molar-refractivity contribution is 6.04. The van der Waals surface area contributed by atoms with Crippen molar-refractivity contribution in [3.8, 4) is 0 Å². The van der Waals surface area contributed by atoms with E-state index in [9.17, 15) is 9.59 Å². The Bertz CT molecular complexity index is 900. The van der Waals surface area contributed by atoms with Crippen molar-refractivity contribution in [1.82, 2.24) is 9.55 Å². The van der Waals surface area contributed by atoms with Crippen molar-refractivity contribution in [1.29, 1.82) is 0 Å². The number of ether oxygens (including phenoxy) is 1. The summed E-state index contributed by atoms with van der Waals surface area (Å²) in [6.07, 6.45) is 1.52. The van der Waals surface area contributed by atoms with Gasteiger partial charge in [-0.3, -0.25) is 14.2 Å². The molecule has 136 valence electrons. The molecule has 0 amide bonds. The van der Waals surface area contributed by atoms with Crippen molar-refractivity contribution >= 4 is 17.5 Å². The summed E-state index contributed by atoms with van der Waals surface area (Å²) < 4.78 is 6.86. The van der Waals surface area contributed by atoms with Crippen LogP contribution in [0.2, 0.25) is 0 Å². The Morgan fingerprint density at radius 3 is 2.58 bits per heavy atom. The number of carbonyl (C=O) groups excluding carboxylic acids is 1. The molecule has 2 unspecified atom stereocenters. The van der Waals surface area contributed by atoms with Crippen LogP contribution in [0.25, 0.3) is 0 Å². The molecule has 6 nitrogen and oxygen atoms in total. The van der Waals surface area contributed by atoms with E-state index in [1.54, 1.807) is 18.4 Å². The number of carbonyl (C=O) groups is 1. The summed E-state index contributed by atoms with van der Waals surface area (Å²) >= 11 is 0. The largest absolute Gasteiger partial charge is 0.465 e. The molecule has 2 aromatic rings. The maximum absolute atomic E-state index is 13.2. The van der Waals surface area contributed by atoms with Gasteiger partial charge >= 0.3 is 5.97 Å². The maximum atomic E-state index is 13.2. The number of hydrogen-bond acceptors (Lipinski definition) is 5. The lowest BCUT2D eigenvalue weighted by atomic mass is 9.77. The first-order valence-corrected chi connectivity index (χ1v) is 8.83. The zero-order chi connectivity index (χ0) is 18.8. The predicted octanol–water partition coefficient (Wildman–Crippen LogP) is 3.24. The van der Waals surface area contributed by atoms with E-state index in [-0.39, 0.29) is 24.2 Å². The molecule has 1 aromatic carbocycles. The quantitative estimate of drug-likeness (QED) is 0.791. The minimum atomic E-state index is -0.637. The van der Waals surface area contributed by atoms with Gasteiger partial charge in [-0.05, 0) is 33.3 Å². The van der Waals surface area contributed by atoms with E-state index in [0.29, 0.717) is 17.1 Å². The fourth-order valence-electron chi connectivity index (χ4n) is 3.41. The molecule has 0 fully saturated rings. The standard InChI is InChI=1S/C20H23N3O3/c1-5-26-20(25)15-13(4)22-18-17(16(15)14-9-7-6-8-10-14)19(24)23(11-21-18)12(2)3/h6-12,15-16H,5H2,1-4H3. The highest BCUT2D eigenvalue weighted by Crippen LogP contribution is 2.40. The van der Waals surface area contributed by atoms with Crippen LogP contribution in [-0.4, -0.2) is 27.8 Å². The maximum Gasteiger partial charge on any atom is 0.315 e. The van der Waals surface area contributed by atoms with Crippen molar-refractivity contribution in [2.75, 3.05) is 6.61 Å². The lowest BCUT2D eigenvalue weighted by Gasteiger charge is -2.30. The van der Waals surface area contributed by atoms with Gasteiger partial charge in [0.2, 0.25) is 0 Å². The van der Waals surface area contributed by atoms with Crippen molar-refractivity contribution in [3.63, 3.8) is 0 Å². The van der Waals surface area contributed by atoms with Crippen LogP contribution < -0.4 is 5.56 Å². The molecular weight excluding hydrogens is 330 g/mol. The van der Waals surface area contributed by atoms with Crippen molar-refractivity contribution < 1.29 is 9.53 Å². The Labute approximate surface area is 152 Å². The smallest absolute Gasteiger partial charge is 0.315 e. The van der Waals surface area contributed by atoms with Gasteiger partial charge in [0.05, 0.1) is 12.2 Å². The van der Waals surface area contributed by atoms with Gasteiger partial charge < -0.3 is 4.74 Å². The monoisotopic (exact) mass is 353 g/mol. The number of aliphatic imine (C=N–C) groups is 1. The minimum absolute atomic E-state index is 0.0373. The van der Waals surface area contributed by atoms with E-state index in [1.165, 1.54) is 6.33 Å². The lowest BCUT2D eigenvalue weighted by molar-refractivity contribution is -0.146. The summed E-state index contributed by atoms with van der Waals surface area (Å²) in [4.78, 5) is 34.7. The van der Waals surface area contributed by atoms with Crippen LogP contribution in [0.5, 0.6) is 0 Å². The zero-order valence-corrected chi connectivity index (χ0v) is 15.5. The van der Waals surface area contributed by atoms with Gasteiger partial charge in [0.1, 0.15) is 12.2 Å². The second-order valence-corrected chi connectivity index (χ2v) is 6.66. The normalized spacial score (nSPS) is 19.0. The topological polar surface area (TPSA) is 73.5 Å². The van der Waals surface area contributed by atoms with Crippen molar-refractivity contribution in [2.45, 2.75) is 39.7 Å². The summed E-state index contributed by atoms with van der Waals surface area (Å²) in [7, 11) is 0. The molecule has 0 radical (unpaired) electrons. The van der Waals surface area contributed by atoms with Crippen LogP contribution in [0.4, 0.5) is 5.82 Å². The van der Waals surface area contributed by atoms with Gasteiger partial charge in [-0.2, -0.15) is 0 Å². The van der Waals surface area contributed by atoms with Gasteiger partial charge in [0.25, 0.3) is 5.56 Å². The van der Waals surface area contributed by atoms with E-state index in [4.69, 9.17) is 4.74 Å². The van der Waals surface area contributed by atoms with E-state index in [2.05, 4.69) is 9.98 Å². The van der Waals surface area contributed by atoms with E-state index >= 15 is 0 Å². The fraction of sp³-hybridized carbons (Fsp3) is 0.400. The van der Waals surface area contributed by atoms with Crippen molar-refractivity contribution in [3.05, 3.63) is 58.1 Å². The summed E-state index contributed by atoms with van der Waals surface area (Å²) in [5.74, 6) is -1.08. The molecule has 0 saturated carbocycles. The third-order valence-electron chi connectivity index (χ3n) is 4.64. The van der Waals surface area contributed by atoms with Crippen LogP contribution in [0.3, 0.4) is 0 Å². The first-order valence-electron chi connectivity index (χ1n) is 8.83. The molecule has 1 aliphatic rings. The molecule has 2 heterocycles. The van der Waals surface area contributed by atoms with Crippen LogP contribution >= 0.6 is 0 Å². The number of rotatable bonds is 4. The Balaban J connectivity index is 2.28. The SMILES string of the molecule is CCOC(=O)C1C(C)=Nc2ncn(C(C)C)c(=O)c2C1c1ccccc1. The molecule has 3 rings (SSSR count). The summed E-state index contributed by atoms with van der Waals surface area (Å²) in [5.41, 5.74) is 1.78. The van der Waals surface area contributed by atoms with Crippen LogP contribution in [0.15, 0.2) is 46.4 Å². The molecule has 2 atom stereocenters. The Hall–Kier alpha value is -2.76. The summed E-state index contributed by atoms with van der Waals surface area (Å²) in [5, 5.41) is 0. The molecule has 0 N–H and O–H groups in total. The number of fused-ring (bicyclic) bond motifs is 1. The first kappa shape index (κ1) is 18.0. The van der Waals surface area contributed by atoms with E-state index < -0.39 is 11.8 Å². The average Bonchev–Trinajstić information content (AvgIpc) is 2.61. The zero-order valence-electron chi connectivity index (χ0n) is 15.5.